The number of carboxylic acids is 3. The Kier molecular flexibility index (Phi) is 24.4. The summed E-state index contributed by atoms with van der Waals surface area (Å²) in [5.74, 6) is -5.18. The second-order valence-corrected chi connectivity index (χ2v) is 12.6. The van der Waals surface area contributed by atoms with Gasteiger partial charge in [0.2, 0.25) is 0 Å². The lowest BCUT2D eigenvalue weighted by atomic mass is 9.96. The molecule has 0 fully saturated rings. The predicted octanol–water partition coefficient (Wildman–Crippen LogP) is 7.97. The van der Waals surface area contributed by atoms with Gasteiger partial charge in [0.1, 0.15) is 11.8 Å². The summed E-state index contributed by atoms with van der Waals surface area (Å²) in [5, 5.41) is 31.4. The molecular formula is C35H65NO6. The van der Waals surface area contributed by atoms with Crippen molar-refractivity contribution >= 4 is 17.9 Å². The molecule has 42 heavy (non-hydrogen) atoms. The molecule has 0 aromatic heterocycles. The van der Waals surface area contributed by atoms with E-state index < -0.39 is 35.7 Å². The number of nitrogens with zero attached hydrogens (tertiary/aromatic N) is 1. The quantitative estimate of drug-likeness (QED) is 0.0643. The summed E-state index contributed by atoms with van der Waals surface area (Å²) in [6.45, 7) is 8.14. The monoisotopic (exact) mass is 595 g/mol. The highest BCUT2D eigenvalue weighted by molar-refractivity contribution is 5.71. The van der Waals surface area contributed by atoms with E-state index in [0.717, 1.165) is 19.3 Å². The van der Waals surface area contributed by atoms with Crippen LogP contribution in [0.15, 0.2) is 12.3 Å². The molecule has 2 N–H and O–H groups in total. The van der Waals surface area contributed by atoms with Gasteiger partial charge in [-0.3, -0.25) is 14.1 Å². The van der Waals surface area contributed by atoms with Crippen molar-refractivity contribution in [3.8, 4) is 0 Å². The minimum absolute atomic E-state index is 0.0426. The van der Waals surface area contributed by atoms with Crippen LogP contribution >= 0.6 is 0 Å². The van der Waals surface area contributed by atoms with Crippen molar-refractivity contribution in [1.82, 2.24) is 0 Å². The van der Waals surface area contributed by atoms with E-state index >= 15 is 0 Å². The highest BCUT2D eigenvalue weighted by atomic mass is 16.4. The van der Waals surface area contributed by atoms with Gasteiger partial charge in [-0.15, -0.1) is 0 Å². The number of hydrogen-bond acceptors (Lipinski definition) is 4. The van der Waals surface area contributed by atoms with Crippen LogP contribution in [0.5, 0.6) is 0 Å². The Hall–Kier alpha value is -1.89. The van der Waals surface area contributed by atoms with Gasteiger partial charge in [-0.2, -0.15) is 0 Å². The standard InChI is InChI=1S/C35H65NO6/c1-5-9-10-11-12-13-14-15-16-17-18-19-20-21-22-23-24-25-26-36(27-30(6-2)33(37)38,28-31(7-3)34(39)40)29-32(8-4)35(41)42/h25-26,30-32H,5-24,27-29H2,1-4H3,(H2-,37,38,39,40,41,42)/b26-25+. The van der Waals surface area contributed by atoms with Crippen LogP contribution in [0.4, 0.5) is 0 Å². The summed E-state index contributed by atoms with van der Waals surface area (Å²) in [5.41, 5.74) is 0. The Labute approximate surface area is 257 Å². The summed E-state index contributed by atoms with van der Waals surface area (Å²) in [7, 11) is 0. The fraction of sp³-hybridized carbons (Fsp3) is 0.857. The smallest absolute Gasteiger partial charge is 0.312 e. The fourth-order valence-electron chi connectivity index (χ4n) is 5.97. The molecule has 0 radical (unpaired) electrons. The van der Waals surface area contributed by atoms with Gasteiger partial charge in [-0.1, -0.05) is 124 Å². The van der Waals surface area contributed by atoms with Gasteiger partial charge < -0.3 is 20.1 Å². The van der Waals surface area contributed by atoms with Crippen LogP contribution in [-0.4, -0.2) is 52.2 Å². The van der Waals surface area contributed by atoms with Crippen LogP contribution in [0.2, 0.25) is 0 Å². The Bertz CT molecular complexity index is 677. The lowest BCUT2D eigenvalue weighted by Gasteiger charge is -2.41. The van der Waals surface area contributed by atoms with Gasteiger partial charge in [0.05, 0.1) is 31.8 Å². The first-order valence-corrected chi connectivity index (χ1v) is 17.4. The molecule has 3 unspecified atom stereocenters. The molecule has 0 bridgehead atoms. The molecule has 7 heteroatoms. The van der Waals surface area contributed by atoms with Gasteiger partial charge in [0, 0.05) is 5.92 Å². The molecular weight excluding hydrogens is 530 g/mol. The Morgan fingerprint density at radius 2 is 0.905 bits per heavy atom. The second kappa shape index (κ2) is 25.6. The number of carbonyl (C=O) groups excluding carboxylic acids is 1. The van der Waals surface area contributed by atoms with Crippen molar-refractivity contribution in [3.63, 3.8) is 0 Å². The molecule has 3 atom stereocenters. The predicted molar refractivity (Wildman–Crippen MR) is 170 cm³/mol. The molecule has 0 heterocycles. The number of rotatable bonds is 30. The number of unbranched alkanes of at least 4 members (excludes halogenated alkanes) is 16. The van der Waals surface area contributed by atoms with Crippen LogP contribution in [-0.2, 0) is 14.4 Å². The van der Waals surface area contributed by atoms with Crippen molar-refractivity contribution in [2.24, 2.45) is 17.8 Å². The minimum Gasteiger partial charge on any atom is -0.550 e. The molecule has 0 aliphatic heterocycles. The van der Waals surface area contributed by atoms with Gasteiger partial charge >= 0.3 is 11.9 Å². The number of quaternary nitrogens is 1. The molecule has 0 aliphatic carbocycles. The van der Waals surface area contributed by atoms with Crippen LogP contribution in [0.3, 0.4) is 0 Å². The molecule has 0 rings (SSSR count). The maximum absolute atomic E-state index is 11.9. The number of hydrogen-bond donors (Lipinski definition) is 2. The zero-order chi connectivity index (χ0) is 31.6. The summed E-state index contributed by atoms with van der Waals surface area (Å²) >= 11 is 0. The minimum atomic E-state index is -1.17. The highest BCUT2D eigenvalue weighted by Gasteiger charge is 2.38. The third-order valence-electron chi connectivity index (χ3n) is 8.91. The molecule has 0 saturated carbocycles. The lowest BCUT2D eigenvalue weighted by Crippen LogP contribution is -2.55. The van der Waals surface area contributed by atoms with Crippen LogP contribution < -0.4 is 5.11 Å². The van der Waals surface area contributed by atoms with Crippen molar-refractivity contribution in [2.75, 3.05) is 19.6 Å². The van der Waals surface area contributed by atoms with Crippen molar-refractivity contribution in [3.05, 3.63) is 12.3 Å². The van der Waals surface area contributed by atoms with Crippen LogP contribution in [0.1, 0.15) is 156 Å². The topological polar surface area (TPSA) is 115 Å². The summed E-state index contributed by atoms with van der Waals surface area (Å²) in [4.78, 5) is 35.7. The van der Waals surface area contributed by atoms with E-state index in [1.165, 1.54) is 89.9 Å². The molecule has 0 aromatic rings. The van der Waals surface area contributed by atoms with Gasteiger partial charge in [-0.05, 0) is 38.2 Å². The Balaban J connectivity index is 4.79. The molecule has 0 aliphatic rings. The third kappa shape index (κ3) is 19.3. The summed E-state index contributed by atoms with van der Waals surface area (Å²) < 4.78 is 0.0426. The first kappa shape index (κ1) is 40.1. The van der Waals surface area contributed by atoms with Gasteiger partial charge in [0.15, 0.2) is 0 Å². The third-order valence-corrected chi connectivity index (χ3v) is 8.91. The zero-order valence-electron chi connectivity index (χ0n) is 27.6. The number of allylic oxidation sites excluding steroid dienone is 1. The number of carboxylic acid groups (broad SMARTS) is 3. The van der Waals surface area contributed by atoms with Crippen molar-refractivity contribution in [1.29, 1.82) is 0 Å². The average Bonchev–Trinajstić information content (AvgIpc) is 2.96. The largest absolute Gasteiger partial charge is 0.550 e. The molecule has 0 amide bonds. The summed E-state index contributed by atoms with van der Waals surface area (Å²) in [6.07, 6.45) is 26.8. The van der Waals surface area contributed by atoms with Crippen LogP contribution in [0, 0.1) is 17.8 Å². The fourth-order valence-corrected chi connectivity index (χ4v) is 5.97. The first-order valence-electron chi connectivity index (χ1n) is 17.4. The Morgan fingerprint density at radius 1 is 0.571 bits per heavy atom. The summed E-state index contributed by atoms with van der Waals surface area (Å²) in [6, 6.07) is 0. The number of carbonyl (C=O) groups is 3. The zero-order valence-corrected chi connectivity index (χ0v) is 27.6. The molecule has 0 aromatic carbocycles. The van der Waals surface area contributed by atoms with E-state index in [0.29, 0.717) is 19.3 Å². The number of aliphatic carboxylic acids is 3. The second-order valence-electron chi connectivity index (χ2n) is 12.6. The first-order chi connectivity index (χ1) is 20.2. The van der Waals surface area contributed by atoms with E-state index in [-0.39, 0.29) is 24.1 Å². The molecule has 0 saturated heterocycles. The molecule has 7 nitrogen and oxygen atoms in total. The van der Waals surface area contributed by atoms with E-state index in [4.69, 9.17) is 0 Å². The average molecular weight is 596 g/mol. The maximum atomic E-state index is 11.9. The highest BCUT2D eigenvalue weighted by Crippen LogP contribution is 2.25. The molecule has 0 spiro atoms. The Morgan fingerprint density at radius 3 is 1.21 bits per heavy atom. The lowest BCUT2D eigenvalue weighted by molar-refractivity contribution is -0.887. The van der Waals surface area contributed by atoms with E-state index in [9.17, 15) is 29.7 Å². The van der Waals surface area contributed by atoms with Gasteiger partial charge in [-0.25, -0.2) is 0 Å². The van der Waals surface area contributed by atoms with E-state index in [2.05, 4.69) is 6.92 Å². The van der Waals surface area contributed by atoms with Crippen LogP contribution in [0.25, 0.3) is 0 Å². The van der Waals surface area contributed by atoms with Gasteiger partial charge in [0.25, 0.3) is 0 Å². The molecule has 246 valence electrons. The maximum Gasteiger partial charge on any atom is 0.312 e. The van der Waals surface area contributed by atoms with E-state index in [1.54, 1.807) is 20.8 Å². The normalized spacial score (nSPS) is 15.3. The van der Waals surface area contributed by atoms with Crippen molar-refractivity contribution in [2.45, 2.75) is 156 Å². The van der Waals surface area contributed by atoms with Crippen molar-refractivity contribution < 1.29 is 34.2 Å². The SMILES string of the molecule is CCCCCCCCCCCCCCCCCC/C=C/[N+](CC(CC)C(=O)[O-])(CC(CC)C(=O)O)CC(CC)C(=O)O. The van der Waals surface area contributed by atoms with E-state index in [1.807, 2.05) is 12.3 Å².